The third-order valence-electron chi connectivity index (χ3n) is 4.32. The van der Waals surface area contributed by atoms with Crippen molar-refractivity contribution >= 4 is 17.4 Å². The summed E-state index contributed by atoms with van der Waals surface area (Å²) in [6, 6.07) is 7.90. The lowest BCUT2D eigenvalue weighted by Crippen LogP contribution is -2.36. The van der Waals surface area contributed by atoms with Gasteiger partial charge in [-0.2, -0.15) is 11.8 Å². The van der Waals surface area contributed by atoms with Gasteiger partial charge in [0, 0.05) is 30.1 Å². The van der Waals surface area contributed by atoms with Crippen LogP contribution < -0.4 is 5.56 Å². The average molecular weight is 303 g/mol. The third kappa shape index (κ3) is 2.99. The minimum absolute atomic E-state index is 0.00293. The second-order valence-corrected chi connectivity index (χ2v) is 6.78. The molecule has 1 aliphatic rings. The van der Waals surface area contributed by atoms with E-state index in [1.165, 1.54) is 19.3 Å². The molecule has 2 aromatic rings. The van der Waals surface area contributed by atoms with E-state index in [1.807, 2.05) is 30.0 Å². The number of hydrogen-bond acceptors (Lipinski definition) is 4. The molecule has 2 aromatic heterocycles. The molecule has 2 heterocycles. The molecular formula is C16H21N3OS. The number of rotatable bonds is 4. The van der Waals surface area contributed by atoms with Gasteiger partial charge in [0.2, 0.25) is 0 Å². The monoisotopic (exact) mass is 303 g/mol. The third-order valence-corrected chi connectivity index (χ3v) is 5.48. The van der Waals surface area contributed by atoms with Gasteiger partial charge in [0.05, 0.1) is 5.69 Å². The lowest BCUT2D eigenvalue weighted by Gasteiger charge is -2.28. The van der Waals surface area contributed by atoms with E-state index < -0.39 is 0 Å². The summed E-state index contributed by atoms with van der Waals surface area (Å²) >= 11 is 1.96. The summed E-state index contributed by atoms with van der Waals surface area (Å²) in [6.07, 6.45) is 7.79. The number of nitrogens with zero attached hydrogens (tertiary/aromatic N) is 3. The largest absolute Gasteiger partial charge is 0.296 e. The number of aromatic nitrogens is 2. The summed E-state index contributed by atoms with van der Waals surface area (Å²) in [5, 5.41) is 0.705. The smallest absolute Gasteiger partial charge is 0.258 e. The van der Waals surface area contributed by atoms with E-state index in [0.717, 1.165) is 17.9 Å². The second-order valence-electron chi connectivity index (χ2n) is 5.70. The van der Waals surface area contributed by atoms with E-state index in [4.69, 9.17) is 0 Å². The molecule has 4 nitrogen and oxygen atoms in total. The van der Waals surface area contributed by atoms with Gasteiger partial charge in [0.25, 0.3) is 5.56 Å². The Bertz CT molecular complexity index is 685. The minimum Gasteiger partial charge on any atom is -0.296 e. The zero-order valence-corrected chi connectivity index (χ0v) is 13.3. The van der Waals surface area contributed by atoms with E-state index in [2.05, 4.69) is 23.2 Å². The van der Waals surface area contributed by atoms with Crippen LogP contribution in [0, 0.1) is 0 Å². The summed E-state index contributed by atoms with van der Waals surface area (Å²) in [5.41, 5.74) is 1.58. The van der Waals surface area contributed by atoms with Crippen LogP contribution >= 0.6 is 11.8 Å². The van der Waals surface area contributed by atoms with Crippen molar-refractivity contribution in [2.24, 2.45) is 0 Å². The molecule has 1 fully saturated rings. The summed E-state index contributed by atoms with van der Waals surface area (Å²) in [7, 11) is 2.15. The van der Waals surface area contributed by atoms with Gasteiger partial charge in [-0.1, -0.05) is 12.5 Å². The molecule has 0 spiro atoms. The molecule has 0 N–H and O–H groups in total. The van der Waals surface area contributed by atoms with Crippen LogP contribution in [0.1, 0.15) is 25.0 Å². The molecule has 5 heteroatoms. The van der Waals surface area contributed by atoms with Crippen LogP contribution in [-0.2, 0) is 6.54 Å². The van der Waals surface area contributed by atoms with Crippen molar-refractivity contribution in [1.82, 2.24) is 14.3 Å². The normalized spacial score (nSPS) is 22.2. The lowest BCUT2D eigenvalue weighted by atomic mass is 10.2. The van der Waals surface area contributed by atoms with Crippen LogP contribution in [0.5, 0.6) is 0 Å². The fourth-order valence-electron chi connectivity index (χ4n) is 3.24. The topological polar surface area (TPSA) is 37.6 Å². The van der Waals surface area contributed by atoms with Crippen molar-refractivity contribution in [1.29, 1.82) is 0 Å². The SMILES string of the molecule is CS[C@@H]1CCC[C@@H]1N(C)Cc1cc(=O)n2ccccc2n1. The van der Waals surface area contributed by atoms with Gasteiger partial charge in [-0.25, -0.2) is 4.98 Å². The van der Waals surface area contributed by atoms with E-state index >= 15 is 0 Å². The maximum atomic E-state index is 12.1. The van der Waals surface area contributed by atoms with Crippen LogP contribution in [-0.4, -0.2) is 38.9 Å². The first-order chi connectivity index (χ1) is 10.2. The van der Waals surface area contributed by atoms with Crippen LogP contribution in [0.4, 0.5) is 0 Å². The Morgan fingerprint density at radius 2 is 2.29 bits per heavy atom. The Balaban J connectivity index is 1.83. The fourth-order valence-corrected chi connectivity index (χ4v) is 4.30. The molecule has 0 aromatic carbocycles. The molecular weight excluding hydrogens is 282 g/mol. The van der Waals surface area contributed by atoms with Gasteiger partial charge >= 0.3 is 0 Å². The fraction of sp³-hybridized carbons (Fsp3) is 0.500. The Morgan fingerprint density at radius 1 is 1.43 bits per heavy atom. The first-order valence-electron chi connectivity index (χ1n) is 7.39. The van der Waals surface area contributed by atoms with E-state index in [9.17, 15) is 4.79 Å². The molecule has 0 unspecified atom stereocenters. The summed E-state index contributed by atoms with van der Waals surface area (Å²) < 4.78 is 1.59. The van der Waals surface area contributed by atoms with Crippen LogP contribution in [0.25, 0.3) is 5.65 Å². The summed E-state index contributed by atoms with van der Waals surface area (Å²) in [5.74, 6) is 0. The maximum Gasteiger partial charge on any atom is 0.258 e. The van der Waals surface area contributed by atoms with Crippen molar-refractivity contribution in [3.05, 3.63) is 46.5 Å². The molecule has 2 atom stereocenters. The predicted molar refractivity (Wildman–Crippen MR) is 87.9 cm³/mol. The molecule has 112 valence electrons. The van der Waals surface area contributed by atoms with Gasteiger partial charge < -0.3 is 0 Å². The minimum atomic E-state index is -0.00293. The molecule has 1 saturated carbocycles. The Kier molecular flexibility index (Phi) is 4.31. The van der Waals surface area contributed by atoms with Gasteiger partial charge in [0.15, 0.2) is 0 Å². The van der Waals surface area contributed by atoms with Gasteiger partial charge in [-0.05, 0) is 38.3 Å². The zero-order valence-electron chi connectivity index (χ0n) is 12.5. The van der Waals surface area contributed by atoms with Gasteiger partial charge in [-0.3, -0.25) is 14.1 Å². The Labute approximate surface area is 129 Å². The Morgan fingerprint density at radius 3 is 3.10 bits per heavy atom. The van der Waals surface area contributed by atoms with Crippen molar-refractivity contribution < 1.29 is 0 Å². The zero-order chi connectivity index (χ0) is 14.8. The highest BCUT2D eigenvalue weighted by atomic mass is 32.2. The number of thioether (sulfide) groups is 1. The molecule has 3 rings (SSSR count). The standard InChI is InChI=1S/C16H21N3OS/c1-18(13-6-5-7-14(13)21-2)11-12-10-16(20)19-9-4-3-8-15(19)17-12/h3-4,8-10,13-14H,5-7,11H2,1-2H3/t13-,14+/m0/s1. The number of fused-ring (bicyclic) bond motifs is 1. The van der Waals surface area contributed by atoms with Crippen LogP contribution in [0.2, 0.25) is 0 Å². The van der Waals surface area contributed by atoms with E-state index in [1.54, 1.807) is 16.7 Å². The van der Waals surface area contributed by atoms with Gasteiger partial charge in [-0.15, -0.1) is 0 Å². The highest BCUT2D eigenvalue weighted by Gasteiger charge is 2.29. The molecule has 0 bridgehead atoms. The highest BCUT2D eigenvalue weighted by Crippen LogP contribution is 2.31. The number of pyridine rings is 1. The van der Waals surface area contributed by atoms with E-state index in [0.29, 0.717) is 11.3 Å². The molecule has 1 aliphatic carbocycles. The highest BCUT2D eigenvalue weighted by molar-refractivity contribution is 7.99. The van der Waals surface area contributed by atoms with Gasteiger partial charge in [0.1, 0.15) is 5.65 Å². The predicted octanol–water partition coefficient (Wildman–Crippen LogP) is 2.41. The lowest BCUT2D eigenvalue weighted by molar-refractivity contribution is 0.239. The summed E-state index contributed by atoms with van der Waals surface area (Å²) in [6.45, 7) is 0.738. The average Bonchev–Trinajstić information content (AvgIpc) is 2.96. The molecule has 0 amide bonds. The van der Waals surface area contributed by atoms with Crippen LogP contribution in [0.15, 0.2) is 35.3 Å². The van der Waals surface area contributed by atoms with Crippen LogP contribution in [0.3, 0.4) is 0 Å². The van der Waals surface area contributed by atoms with Crippen molar-refractivity contribution in [2.75, 3.05) is 13.3 Å². The van der Waals surface area contributed by atoms with Crippen molar-refractivity contribution in [3.63, 3.8) is 0 Å². The second kappa shape index (κ2) is 6.20. The first kappa shape index (κ1) is 14.6. The molecule has 21 heavy (non-hydrogen) atoms. The number of hydrogen-bond donors (Lipinski definition) is 0. The van der Waals surface area contributed by atoms with E-state index in [-0.39, 0.29) is 5.56 Å². The summed E-state index contributed by atoms with van der Waals surface area (Å²) in [4.78, 5) is 19.1. The van der Waals surface area contributed by atoms with Crippen molar-refractivity contribution in [2.45, 2.75) is 37.1 Å². The molecule has 0 radical (unpaired) electrons. The first-order valence-corrected chi connectivity index (χ1v) is 8.68. The Hall–Kier alpha value is -1.33. The maximum absolute atomic E-state index is 12.1. The molecule has 0 aliphatic heterocycles. The quantitative estimate of drug-likeness (QED) is 0.869. The molecule has 0 saturated heterocycles. The van der Waals surface area contributed by atoms with Crippen molar-refractivity contribution in [3.8, 4) is 0 Å².